The number of hydrogen-bond acceptors (Lipinski definition) is 6. The van der Waals surface area contributed by atoms with Crippen LogP contribution in [0.4, 0.5) is 0 Å². The van der Waals surface area contributed by atoms with E-state index in [1.165, 1.54) is 141 Å². The van der Waals surface area contributed by atoms with Crippen molar-refractivity contribution in [3.05, 3.63) is 60.8 Å². The Morgan fingerprint density at radius 3 is 0.954 bits per heavy atom. The van der Waals surface area contributed by atoms with E-state index in [-0.39, 0.29) is 31.1 Å². The normalized spacial score (nSPS) is 12.5. The Balaban J connectivity index is 4.43. The molecule has 0 aliphatic carbocycles. The molecule has 0 N–H and O–H groups in total. The van der Waals surface area contributed by atoms with Gasteiger partial charge in [0, 0.05) is 19.3 Å². The summed E-state index contributed by atoms with van der Waals surface area (Å²) < 4.78 is 16.8. The highest BCUT2D eigenvalue weighted by Crippen LogP contribution is 2.16. The Hall–Kier alpha value is -2.89. The molecule has 0 spiro atoms. The molecule has 0 rings (SSSR count). The number of allylic oxidation sites excluding steroid dienone is 10. The third kappa shape index (κ3) is 51.9. The molecule has 376 valence electrons. The molecule has 0 aromatic rings. The maximum atomic E-state index is 12.8. The topological polar surface area (TPSA) is 78.9 Å². The first-order chi connectivity index (χ1) is 32.0. The molecule has 0 aromatic carbocycles. The van der Waals surface area contributed by atoms with Gasteiger partial charge in [0.15, 0.2) is 6.10 Å². The fourth-order valence-corrected chi connectivity index (χ4v) is 7.86. The molecule has 1 unspecified atom stereocenters. The zero-order valence-corrected chi connectivity index (χ0v) is 43.0. The first kappa shape index (κ1) is 62.1. The van der Waals surface area contributed by atoms with Gasteiger partial charge in [-0.2, -0.15) is 0 Å². The van der Waals surface area contributed by atoms with E-state index in [1.54, 1.807) is 0 Å². The molecule has 6 nitrogen and oxygen atoms in total. The summed E-state index contributed by atoms with van der Waals surface area (Å²) in [5, 5.41) is 0. The largest absolute Gasteiger partial charge is 0.462 e. The Kier molecular flexibility index (Phi) is 51.3. The highest BCUT2D eigenvalue weighted by molar-refractivity contribution is 5.71. The average Bonchev–Trinajstić information content (AvgIpc) is 3.30. The van der Waals surface area contributed by atoms with Crippen LogP contribution in [0, 0.1) is 0 Å². The molecule has 0 aliphatic heterocycles. The number of rotatable bonds is 50. The van der Waals surface area contributed by atoms with Gasteiger partial charge in [0.2, 0.25) is 0 Å². The number of carbonyl (C=O) groups excluding carboxylic acids is 3. The summed E-state index contributed by atoms with van der Waals surface area (Å²) in [5.41, 5.74) is 0. The van der Waals surface area contributed by atoms with Crippen LogP contribution in [0.1, 0.15) is 278 Å². The molecule has 1 atom stereocenters. The van der Waals surface area contributed by atoms with Gasteiger partial charge < -0.3 is 14.2 Å². The van der Waals surface area contributed by atoms with Gasteiger partial charge in [-0.1, -0.05) is 248 Å². The van der Waals surface area contributed by atoms with Gasteiger partial charge in [-0.3, -0.25) is 14.4 Å². The molecule has 0 amide bonds. The van der Waals surface area contributed by atoms with Crippen molar-refractivity contribution in [3.8, 4) is 0 Å². The first-order valence-corrected chi connectivity index (χ1v) is 27.8. The molecule has 0 saturated heterocycles. The van der Waals surface area contributed by atoms with Gasteiger partial charge in [-0.05, 0) is 70.6 Å². The van der Waals surface area contributed by atoms with Gasteiger partial charge in [0.1, 0.15) is 13.2 Å². The molecule has 0 heterocycles. The van der Waals surface area contributed by atoms with E-state index in [9.17, 15) is 14.4 Å². The van der Waals surface area contributed by atoms with E-state index in [0.29, 0.717) is 19.3 Å². The number of carbonyl (C=O) groups is 3. The van der Waals surface area contributed by atoms with Crippen molar-refractivity contribution < 1.29 is 28.6 Å². The van der Waals surface area contributed by atoms with E-state index in [0.717, 1.165) is 96.3 Å². The number of unbranched alkanes of at least 4 members (excludes halogenated alkanes) is 32. The second-order valence-corrected chi connectivity index (χ2v) is 18.6. The van der Waals surface area contributed by atoms with Crippen molar-refractivity contribution in [1.82, 2.24) is 0 Å². The average molecular weight is 909 g/mol. The Morgan fingerprint density at radius 2 is 0.569 bits per heavy atom. The zero-order valence-electron chi connectivity index (χ0n) is 43.0. The van der Waals surface area contributed by atoms with E-state index in [1.807, 2.05) is 0 Å². The Morgan fingerprint density at radius 1 is 0.308 bits per heavy atom. The molecule has 0 aliphatic rings. The minimum atomic E-state index is -0.788. The van der Waals surface area contributed by atoms with Crippen molar-refractivity contribution in [2.24, 2.45) is 0 Å². The first-order valence-electron chi connectivity index (χ1n) is 27.8. The molecular weight excluding hydrogens is 805 g/mol. The molecule has 0 saturated carbocycles. The molecule has 6 heteroatoms. The molecule has 0 fully saturated rings. The fourth-order valence-electron chi connectivity index (χ4n) is 7.86. The van der Waals surface area contributed by atoms with Crippen LogP contribution in [0.2, 0.25) is 0 Å². The third-order valence-electron chi connectivity index (χ3n) is 12.1. The lowest BCUT2D eigenvalue weighted by Crippen LogP contribution is -2.30. The van der Waals surface area contributed by atoms with Crippen LogP contribution in [0.3, 0.4) is 0 Å². The monoisotopic (exact) mass is 909 g/mol. The molecule has 0 bridgehead atoms. The summed E-state index contributed by atoms with van der Waals surface area (Å²) in [6.45, 7) is 6.59. The highest BCUT2D eigenvalue weighted by atomic mass is 16.6. The summed E-state index contributed by atoms with van der Waals surface area (Å²) in [4.78, 5) is 38.1. The smallest absolute Gasteiger partial charge is 0.306 e. The number of ether oxygens (including phenoxy) is 3. The fraction of sp³-hybridized carbons (Fsp3) is 0.780. The van der Waals surface area contributed by atoms with Crippen LogP contribution in [-0.4, -0.2) is 37.2 Å². The van der Waals surface area contributed by atoms with Crippen molar-refractivity contribution in [1.29, 1.82) is 0 Å². The summed E-state index contributed by atoms with van der Waals surface area (Å²) in [6.07, 6.45) is 66.3. The minimum absolute atomic E-state index is 0.0878. The lowest BCUT2D eigenvalue weighted by Gasteiger charge is -2.18. The Bertz CT molecular complexity index is 1180. The minimum Gasteiger partial charge on any atom is -0.462 e. The van der Waals surface area contributed by atoms with Crippen molar-refractivity contribution in [3.63, 3.8) is 0 Å². The van der Waals surface area contributed by atoms with Crippen molar-refractivity contribution >= 4 is 17.9 Å². The summed E-state index contributed by atoms with van der Waals surface area (Å²) in [5.74, 6) is -0.915. The lowest BCUT2D eigenvalue weighted by atomic mass is 10.0. The van der Waals surface area contributed by atoms with Crippen LogP contribution < -0.4 is 0 Å². The van der Waals surface area contributed by atoms with Crippen LogP contribution in [0.15, 0.2) is 60.8 Å². The molecular formula is C59H104O6. The third-order valence-corrected chi connectivity index (χ3v) is 12.1. The molecule has 0 aromatic heterocycles. The van der Waals surface area contributed by atoms with Gasteiger partial charge >= 0.3 is 17.9 Å². The van der Waals surface area contributed by atoms with E-state index in [2.05, 4.69) is 81.5 Å². The summed E-state index contributed by atoms with van der Waals surface area (Å²) in [7, 11) is 0. The van der Waals surface area contributed by atoms with Crippen LogP contribution in [0.5, 0.6) is 0 Å². The van der Waals surface area contributed by atoms with Gasteiger partial charge in [-0.25, -0.2) is 0 Å². The predicted octanol–water partition coefficient (Wildman–Crippen LogP) is 18.4. The van der Waals surface area contributed by atoms with E-state index >= 15 is 0 Å². The maximum Gasteiger partial charge on any atom is 0.306 e. The van der Waals surface area contributed by atoms with E-state index in [4.69, 9.17) is 14.2 Å². The van der Waals surface area contributed by atoms with Gasteiger partial charge in [0.25, 0.3) is 0 Å². The zero-order chi connectivity index (χ0) is 47.2. The van der Waals surface area contributed by atoms with Crippen molar-refractivity contribution in [2.45, 2.75) is 284 Å². The van der Waals surface area contributed by atoms with E-state index < -0.39 is 6.10 Å². The predicted molar refractivity (Wildman–Crippen MR) is 279 cm³/mol. The molecule has 0 radical (unpaired) electrons. The van der Waals surface area contributed by atoms with Crippen LogP contribution in [0.25, 0.3) is 0 Å². The SMILES string of the molecule is CCCCC\C=C/C=C\C=C/C=C\CCCCCCCC(=O)OCC(COC(=O)CCCCC/C=C\CCCCCCCCC)OC(=O)CCCCCCCCCCCCCCCCC. The summed E-state index contributed by atoms with van der Waals surface area (Å²) >= 11 is 0. The summed E-state index contributed by atoms with van der Waals surface area (Å²) in [6, 6.07) is 0. The number of hydrogen-bond donors (Lipinski definition) is 0. The van der Waals surface area contributed by atoms with Gasteiger partial charge in [-0.15, -0.1) is 0 Å². The second kappa shape index (κ2) is 53.7. The van der Waals surface area contributed by atoms with Gasteiger partial charge in [0.05, 0.1) is 0 Å². The number of esters is 3. The maximum absolute atomic E-state index is 12.8. The molecule has 65 heavy (non-hydrogen) atoms. The van der Waals surface area contributed by atoms with Crippen LogP contribution in [-0.2, 0) is 28.6 Å². The quantitative estimate of drug-likeness (QED) is 0.0199. The second-order valence-electron chi connectivity index (χ2n) is 18.6. The highest BCUT2D eigenvalue weighted by Gasteiger charge is 2.19. The van der Waals surface area contributed by atoms with Crippen molar-refractivity contribution in [2.75, 3.05) is 13.2 Å². The lowest BCUT2D eigenvalue weighted by molar-refractivity contribution is -0.167. The Labute approximate surface area is 402 Å². The van der Waals surface area contributed by atoms with Crippen LogP contribution >= 0.6 is 0 Å². The standard InChI is InChI=1S/C59H104O6/c1-4-7-10-13-16-19-22-25-28-29-30-32-34-37-40-43-46-49-52-58(61)64-55-56(54-63-57(60)51-48-45-42-39-36-33-27-24-21-18-15-12-9-6-3)65-59(62)53-50-47-44-41-38-35-31-26-23-20-17-14-11-8-5-2/h16,19,22,25,28-30,32-33,36,56H,4-15,17-18,20-21,23-24,26-27,31,34-35,37-55H2,1-3H3/b19-16-,25-22-,29-28-,32-30-,36-33-.